The van der Waals surface area contributed by atoms with Crippen molar-refractivity contribution in [3.8, 4) is 0 Å². The van der Waals surface area contributed by atoms with Gasteiger partial charge in [0.1, 0.15) is 0 Å². The standard InChI is InChI=1S/C15H16N4O/c1-10(11-6-3-2-4-7-11)16-19-15(20)14-12-8-5-9-13(12)17-18-14/h2-4,6-7H,5,8-9H2,1H3,(H,17,18)(H,19,20)/b16-10+. The summed E-state index contributed by atoms with van der Waals surface area (Å²) < 4.78 is 0. The minimum Gasteiger partial charge on any atom is -0.281 e. The number of hydrogen-bond donors (Lipinski definition) is 2. The third kappa shape index (κ3) is 2.34. The van der Waals surface area contributed by atoms with E-state index in [1.54, 1.807) is 0 Å². The summed E-state index contributed by atoms with van der Waals surface area (Å²) in [6, 6.07) is 9.74. The third-order valence-corrected chi connectivity index (χ3v) is 3.54. The molecule has 1 aromatic heterocycles. The first kappa shape index (κ1) is 12.6. The third-order valence-electron chi connectivity index (χ3n) is 3.54. The lowest BCUT2D eigenvalue weighted by atomic mass is 10.1. The molecule has 5 heteroatoms. The zero-order valence-corrected chi connectivity index (χ0v) is 11.3. The van der Waals surface area contributed by atoms with Crippen molar-refractivity contribution in [2.24, 2.45) is 5.10 Å². The average Bonchev–Trinajstić information content (AvgIpc) is 3.08. The van der Waals surface area contributed by atoms with E-state index < -0.39 is 0 Å². The number of fused-ring (bicyclic) bond motifs is 1. The summed E-state index contributed by atoms with van der Waals surface area (Å²) in [7, 11) is 0. The Hall–Kier alpha value is -2.43. The molecule has 0 aliphatic heterocycles. The lowest BCUT2D eigenvalue weighted by Crippen LogP contribution is -2.21. The van der Waals surface area contributed by atoms with E-state index in [0.717, 1.165) is 41.8 Å². The Bertz CT molecular complexity index is 658. The van der Waals surface area contributed by atoms with Crippen LogP contribution in [0.4, 0.5) is 0 Å². The number of H-pyrrole nitrogens is 1. The number of amides is 1. The lowest BCUT2D eigenvalue weighted by molar-refractivity contribution is 0.0949. The van der Waals surface area contributed by atoms with Crippen molar-refractivity contribution in [3.63, 3.8) is 0 Å². The Balaban J connectivity index is 1.73. The minimum absolute atomic E-state index is 0.250. The Labute approximate surface area is 117 Å². The summed E-state index contributed by atoms with van der Waals surface area (Å²) in [5.41, 5.74) is 6.93. The number of nitrogens with zero attached hydrogens (tertiary/aromatic N) is 2. The summed E-state index contributed by atoms with van der Waals surface area (Å²) in [6.07, 6.45) is 2.97. The summed E-state index contributed by atoms with van der Waals surface area (Å²) in [5.74, 6) is -0.250. The predicted octanol–water partition coefficient (Wildman–Crippen LogP) is 2.05. The first-order valence-corrected chi connectivity index (χ1v) is 6.72. The van der Waals surface area contributed by atoms with Crippen molar-refractivity contribution >= 4 is 11.6 Å². The molecule has 1 aliphatic rings. The van der Waals surface area contributed by atoms with Crippen LogP contribution in [0.15, 0.2) is 35.4 Å². The first-order valence-electron chi connectivity index (χ1n) is 6.72. The van der Waals surface area contributed by atoms with Gasteiger partial charge in [0, 0.05) is 11.3 Å². The van der Waals surface area contributed by atoms with Gasteiger partial charge in [-0.25, -0.2) is 5.43 Å². The van der Waals surface area contributed by atoms with Crippen molar-refractivity contribution in [2.45, 2.75) is 26.2 Å². The van der Waals surface area contributed by atoms with E-state index >= 15 is 0 Å². The normalized spacial score (nSPS) is 14.2. The number of carbonyl (C=O) groups is 1. The number of hydrogen-bond acceptors (Lipinski definition) is 3. The van der Waals surface area contributed by atoms with Gasteiger partial charge >= 0.3 is 0 Å². The second kappa shape index (κ2) is 5.28. The Kier molecular flexibility index (Phi) is 3.33. The summed E-state index contributed by atoms with van der Waals surface area (Å²) in [6.45, 7) is 1.87. The number of aromatic amines is 1. The van der Waals surface area contributed by atoms with Crippen LogP contribution in [-0.4, -0.2) is 21.8 Å². The van der Waals surface area contributed by atoms with Gasteiger partial charge in [0.05, 0.1) is 5.71 Å². The molecule has 1 aromatic carbocycles. The maximum Gasteiger partial charge on any atom is 0.292 e. The molecule has 1 aliphatic carbocycles. The van der Waals surface area contributed by atoms with Crippen LogP contribution in [-0.2, 0) is 12.8 Å². The number of benzene rings is 1. The highest BCUT2D eigenvalue weighted by Crippen LogP contribution is 2.22. The first-order chi connectivity index (χ1) is 9.75. The predicted molar refractivity (Wildman–Crippen MR) is 76.7 cm³/mol. The van der Waals surface area contributed by atoms with E-state index in [9.17, 15) is 4.79 Å². The van der Waals surface area contributed by atoms with Gasteiger partial charge in [0.25, 0.3) is 5.91 Å². The molecule has 0 unspecified atom stereocenters. The van der Waals surface area contributed by atoms with Crippen LogP contribution in [0.2, 0.25) is 0 Å². The molecular formula is C15H16N4O. The van der Waals surface area contributed by atoms with Gasteiger partial charge in [-0.15, -0.1) is 0 Å². The Morgan fingerprint density at radius 2 is 2.10 bits per heavy atom. The number of carbonyl (C=O) groups excluding carboxylic acids is 1. The Morgan fingerprint density at radius 1 is 1.30 bits per heavy atom. The zero-order valence-electron chi connectivity index (χ0n) is 11.3. The fourth-order valence-electron chi connectivity index (χ4n) is 2.44. The van der Waals surface area contributed by atoms with Crippen LogP contribution in [0.5, 0.6) is 0 Å². The molecule has 1 heterocycles. The molecule has 1 amide bonds. The number of aromatic nitrogens is 2. The highest BCUT2D eigenvalue weighted by molar-refractivity contribution is 6.00. The van der Waals surface area contributed by atoms with E-state index in [1.807, 2.05) is 37.3 Å². The van der Waals surface area contributed by atoms with Crippen molar-refractivity contribution in [3.05, 3.63) is 52.8 Å². The van der Waals surface area contributed by atoms with Crippen molar-refractivity contribution in [1.82, 2.24) is 15.6 Å². The second-order valence-corrected chi connectivity index (χ2v) is 4.89. The molecule has 0 spiro atoms. The number of nitrogens with one attached hydrogen (secondary N) is 2. The van der Waals surface area contributed by atoms with E-state index in [0.29, 0.717) is 5.69 Å². The fraction of sp³-hybridized carbons (Fsp3) is 0.267. The molecule has 2 N–H and O–H groups in total. The number of rotatable bonds is 3. The minimum atomic E-state index is -0.250. The molecule has 20 heavy (non-hydrogen) atoms. The average molecular weight is 268 g/mol. The van der Waals surface area contributed by atoms with Crippen LogP contribution < -0.4 is 5.43 Å². The quantitative estimate of drug-likeness (QED) is 0.660. The van der Waals surface area contributed by atoms with Gasteiger partial charge in [-0.3, -0.25) is 9.89 Å². The highest BCUT2D eigenvalue weighted by atomic mass is 16.2. The summed E-state index contributed by atoms with van der Waals surface area (Å²) in [5, 5.41) is 11.1. The van der Waals surface area contributed by atoms with Gasteiger partial charge in [0.2, 0.25) is 0 Å². The van der Waals surface area contributed by atoms with E-state index in [-0.39, 0.29) is 5.91 Å². The second-order valence-electron chi connectivity index (χ2n) is 4.89. The van der Waals surface area contributed by atoms with Gasteiger partial charge in [-0.1, -0.05) is 30.3 Å². The van der Waals surface area contributed by atoms with Crippen LogP contribution in [0.25, 0.3) is 0 Å². The van der Waals surface area contributed by atoms with Crippen LogP contribution >= 0.6 is 0 Å². The molecule has 0 radical (unpaired) electrons. The Morgan fingerprint density at radius 3 is 2.90 bits per heavy atom. The summed E-state index contributed by atoms with van der Waals surface area (Å²) in [4.78, 5) is 12.1. The smallest absolute Gasteiger partial charge is 0.281 e. The lowest BCUT2D eigenvalue weighted by Gasteiger charge is -2.02. The number of aryl methyl sites for hydroxylation is 1. The molecule has 0 atom stereocenters. The highest BCUT2D eigenvalue weighted by Gasteiger charge is 2.22. The molecule has 3 rings (SSSR count). The fourth-order valence-corrected chi connectivity index (χ4v) is 2.44. The molecule has 0 saturated carbocycles. The van der Waals surface area contributed by atoms with Crippen LogP contribution in [0.3, 0.4) is 0 Å². The van der Waals surface area contributed by atoms with Crippen molar-refractivity contribution in [2.75, 3.05) is 0 Å². The van der Waals surface area contributed by atoms with E-state index in [1.165, 1.54) is 0 Å². The summed E-state index contributed by atoms with van der Waals surface area (Å²) >= 11 is 0. The van der Waals surface area contributed by atoms with Crippen molar-refractivity contribution < 1.29 is 4.79 Å². The molecule has 5 nitrogen and oxygen atoms in total. The van der Waals surface area contributed by atoms with Gasteiger partial charge in [0.15, 0.2) is 5.69 Å². The van der Waals surface area contributed by atoms with Gasteiger partial charge < -0.3 is 0 Å². The molecule has 0 bridgehead atoms. The monoisotopic (exact) mass is 268 g/mol. The maximum atomic E-state index is 12.1. The molecule has 0 saturated heterocycles. The van der Waals surface area contributed by atoms with E-state index in [4.69, 9.17) is 0 Å². The number of hydrazone groups is 1. The zero-order chi connectivity index (χ0) is 13.9. The van der Waals surface area contributed by atoms with Crippen LogP contribution in [0.1, 0.15) is 40.7 Å². The maximum absolute atomic E-state index is 12.1. The topological polar surface area (TPSA) is 70.1 Å². The molecule has 102 valence electrons. The van der Waals surface area contributed by atoms with Crippen molar-refractivity contribution in [1.29, 1.82) is 0 Å². The molecular weight excluding hydrogens is 252 g/mol. The van der Waals surface area contributed by atoms with E-state index in [2.05, 4.69) is 20.7 Å². The van der Waals surface area contributed by atoms with Gasteiger partial charge in [-0.05, 0) is 31.7 Å². The molecule has 0 fully saturated rings. The van der Waals surface area contributed by atoms with Gasteiger partial charge in [-0.2, -0.15) is 10.2 Å². The van der Waals surface area contributed by atoms with Crippen LogP contribution in [0, 0.1) is 0 Å². The SMILES string of the molecule is C/C(=N\NC(=O)c1n[nH]c2c1CCC2)c1ccccc1. The molecule has 2 aromatic rings. The largest absolute Gasteiger partial charge is 0.292 e.